The summed E-state index contributed by atoms with van der Waals surface area (Å²) in [6.45, 7) is 0. The molecule has 1 aliphatic rings. The smallest absolute Gasteiger partial charge is 0.223 e. The van der Waals surface area contributed by atoms with Gasteiger partial charge < -0.3 is 5.32 Å². The van der Waals surface area contributed by atoms with E-state index in [2.05, 4.69) is 11.4 Å². The van der Waals surface area contributed by atoms with Gasteiger partial charge in [0.2, 0.25) is 5.91 Å². The standard InChI is InChI=1S/C8H13NO/c1-9-8(10)6-7-4-2-3-5-7/h4H,2-3,5-6H2,1H3,(H,9,10). The number of hydrogen-bond acceptors (Lipinski definition) is 1. The van der Waals surface area contributed by atoms with Crippen molar-refractivity contribution in [3.05, 3.63) is 11.6 Å². The van der Waals surface area contributed by atoms with Gasteiger partial charge in [0.1, 0.15) is 0 Å². The summed E-state index contributed by atoms with van der Waals surface area (Å²) in [7, 11) is 1.68. The van der Waals surface area contributed by atoms with Crippen molar-refractivity contribution in [1.29, 1.82) is 0 Å². The van der Waals surface area contributed by atoms with Crippen LogP contribution in [0, 0.1) is 0 Å². The molecule has 0 spiro atoms. The van der Waals surface area contributed by atoms with Crippen LogP contribution in [0.2, 0.25) is 0 Å². The molecule has 0 radical (unpaired) electrons. The van der Waals surface area contributed by atoms with E-state index in [1.54, 1.807) is 7.05 Å². The van der Waals surface area contributed by atoms with Crippen molar-refractivity contribution >= 4 is 5.91 Å². The number of carbonyl (C=O) groups is 1. The molecule has 56 valence electrons. The van der Waals surface area contributed by atoms with E-state index in [1.165, 1.54) is 12.0 Å². The Morgan fingerprint density at radius 2 is 2.60 bits per heavy atom. The van der Waals surface area contributed by atoms with E-state index < -0.39 is 0 Å². The van der Waals surface area contributed by atoms with Gasteiger partial charge in [-0.2, -0.15) is 0 Å². The second-order valence-electron chi connectivity index (χ2n) is 2.60. The minimum atomic E-state index is 0.133. The molecule has 0 saturated carbocycles. The highest BCUT2D eigenvalue weighted by atomic mass is 16.1. The average molecular weight is 139 g/mol. The molecule has 0 fully saturated rings. The van der Waals surface area contributed by atoms with Crippen molar-refractivity contribution in [2.45, 2.75) is 25.7 Å². The minimum Gasteiger partial charge on any atom is -0.359 e. The fourth-order valence-corrected chi connectivity index (χ4v) is 1.19. The quantitative estimate of drug-likeness (QED) is 0.573. The molecule has 1 N–H and O–H groups in total. The van der Waals surface area contributed by atoms with Gasteiger partial charge in [0.25, 0.3) is 0 Å². The molecule has 0 aromatic heterocycles. The fraction of sp³-hybridized carbons (Fsp3) is 0.625. The van der Waals surface area contributed by atoms with Gasteiger partial charge in [-0.05, 0) is 19.3 Å². The average Bonchev–Trinajstić information content (AvgIpc) is 2.40. The molecule has 0 aromatic rings. The summed E-state index contributed by atoms with van der Waals surface area (Å²) in [5.74, 6) is 0.133. The molecule has 2 nitrogen and oxygen atoms in total. The molecular weight excluding hydrogens is 126 g/mol. The zero-order chi connectivity index (χ0) is 7.40. The van der Waals surface area contributed by atoms with Crippen LogP contribution in [0.5, 0.6) is 0 Å². The van der Waals surface area contributed by atoms with Gasteiger partial charge in [0, 0.05) is 13.5 Å². The molecule has 1 amide bonds. The Labute approximate surface area is 61.3 Å². The van der Waals surface area contributed by atoms with E-state index in [1.807, 2.05) is 0 Å². The van der Waals surface area contributed by atoms with Crippen molar-refractivity contribution in [2.75, 3.05) is 7.05 Å². The molecular formula is C8H13NO. The third-order valence-electron chi connectivity index (χ3n) is 1.80. The van der Waals surface area contributed by atoms with Crippen LogP contribution in [0.3, 0.4) is 0 Å². The molecule has 0 unspecified atom stereocenters. The highest BCUT2D eigenvalue weighted by molar-refractivity contribution is 5.78. The predicted octanol–water partition coefficient (Wildman–Crippen LogP) is 1.23. The molecule has 10 heavy (non-hydrogen) atoms. The number of nitrogens with one attached hydrogen (secondary N) is 1. The number of rotatable bonds is 2. The van der Waals surface area contributed by atoms with Crippen LogP contribution in [0.25, 0.3) is 0 Å². The van der Waals surface area contributed by atoms with Crippen molar-refractivity contribution < 1.29 is 4.79 Å². The molecule has 0 atom stereocenters. The van der Waals surface area contributed by atoms with Crippen LogP contribution in [-0.4, -0.2) is 13.0 Å². The van der Waals surface area contributed by atoms with E-state index >= 15 is 0 Å². The lowest BCUT2D eigenvalue weighted by molar-refractivity contribution is -0.119. The first kappa shape index (κ1) is 7.32. The molecule has 0 heterocycles. The van der Waals surface area contributed by atoms with Crippen molar-refractivity contribution in [3.8, 4) is 0 Å². The zero-order valence-electron chi connectivity index (χ0n) is 6.31. The van der Waals surface area contributed by atoms with Gasteiger partial charge in [-0.15, -0.1) is 0 Å². The first-order valence-corrected chi connectivity index (χ1v) is 3.71. The second kappa shape index (κ2) is 3.40. The number of allylic oxidation sites excluding steroid dienone is 1. The molecule has 1 rings (SSSR count). The van der Waals surface area contributed by atoms with Crippen molar-refractivity contribution in [1.82, 2.24) is 5.32 Å². The molecule has 0 bridgehead atoms. The lowest BCUT2D eigenvalue weighted by atomic mass is 10.1. The second-order valence-corrected chi connectivity index (χ2v) is 2.60. The maximum absolute atomic E-state index is 10.8. The largest absolute Gasteiger partial charge is 0.359 e. The monoisotopic (exact) mass is 139 g/mol. The van der Waals surface area contributed by atoms with E-state index in [4.69, 9.17) is 0 Å². The Morgan fingerprint density at radius 1 is 1.80 bits per heavy atom. The summed E-state index contributed by atoms with van der Waals surface area (Å²) in [6.07, 6.45) is 6.29. The highest BCUT2D eigenvalue weighted by Crippen LogP contribution is 2.19. The van der Waals surface area contributed by atoms with Crippen LogP contribution in [0.15, 0.2) is 11.6 Å². The SMILES string of the molecule is CNC(=O)CC1=CCCC1. The van der Waals surface area contributed by atoms with Crippen LogP contribution < -0.4 is 5.32 Å². The lowest BCUT2D eigenvalue weighted by Crippen LogP contribution is -2.17. The Balaban J connectivity index is 2.30. The van der Waals surface area contributed by atoms with Gasteiger partial charge in [-0.1, -0.05) is 11.6 Å². The zero-order valence-corrected chi connectivity index (χ0v) is 6.31. The first-order chi connectivity index (χ1) is 4.83. The van der Waals surface area contributed by atoms with E-state index in [0.717, 1.165) is 12.8 Å². The summed E-state index contributed by atoms with van der Waals surface area (Å²) in [6, 6.07) is 0. The van der Waals surface area contributed by atoms with E-state index in [-0.39, 0.29) is 5.91 Å². The van der Waals surface area contributed by atoms with Gasteiger partial charge in [0.05, 0.1) is 0 Å². The Bertz CT molecular complexity index is 161. The minimum absolute atomic E-state index is 0.133. The topological polar surface area (TPSA) is 29.1 Å². The maximum Gasteiger partial charge on any atom is 0.223 e. The summed E-state index contributed by atoms with van der Waals surface area (Å²) < 4.78 is 0. The summed E-state index contributed by atoms with van der Waals surface area (Å²) >= 11 is 0. The predicted molar refractivity (Wildman–Crippen MR) is 40.6 cm³/mol. The summed E-state index contributed by atoms with van der Waals surface area (Å²) in [4.78, 5) is 10.8. The van der Waals surface area contributed by atoms with Crippen LogP contribution >= 0.6 is 0 Å². The molecule has 0 aliphatic heterocycles. The molecule has 0 aromatic carbocycles. The van der Waals surface area contributed by atoms with Crippen LogP contribution in [-0.2, 0) is 4.79 Å². The Morgan fingerprint density at radius 3 is 3.10 bits per heavy atom. The number of carbonyl (C=O) groups excluding carboxylic acids is 1. The highest BCUT2D eigenvalue weighted by Gasteiger charge is 2.07. The van der Waals surface area contributed by atoms with E-state index in [9.17, 15) is 4.79 Å². The number of hydrogen-bond donors (Lipinski definition) is 1. The van der Waals surface area contributed by atoms with Crippen molar-refractivity contribution in [3.63, 3.8) is 0 Å². The van der Waals surface area contributed by atoms with Gasteiger partial charge in [-0.25, -0.2) is 0 Å². The van der Waals surface area contributed by atoms with Gasteiger partial charge in [0.15, 0.2) is 0 Å². The Hall–Kier alpha value is -0.790. The molecule has 2 heteroatoms. The summed E-state index contributed by atoms with van der Waals surface area (Å²) in [5.41, 5.74) is 1.30. The lowest BCUT2D eigenvalue weighted by Gasteiger charge is -1.98. The normalized spacial score (nSPS) is 16.7. The maximum atomic E-state index is 10.8. The van der Waals surface area contributed by atoms with Crippen LogP contribution in [0.1, 0.15) is 25.7 Å². The first-order valence-electron chi connectivity index (χ1n) is 3.71. The summed E-state index contributed by atoms with van der Waals surface area (Å²) in [5, 5.41) is 2.61. The van der Waals surface area contributed by atoms with Gasteiger partial charge >= 0.3 is 0 Å². The molecule has 0 saturated heterocycles. The third-order valence-corrected chi connectivity index (χ3v) is 1.80. The van der Waals surface area contributed by atoms with Gasteiger partial charge in [-0.3, -0.25) is 4.79 Å². The van der Waals surface area contributed by atoms with Crippen molar-refractivity contribution in [2.24, 2.45) is 0 Å². The third kappa shape index (κ3) is 1.87. The Kier molecular flexibility index (Phi) is 2.49. The molecule has 1 aliphatic carbocycles. The van der Waals surface area contributed by atoms with E-state index in [0.29, 0.717) is 6.42 Å². The van der Waals surface area contributed by atoms with Crippen LogP contribution in [0.4, 0.5) is 0 Å². The number of amides is 1. The fourth-order valence-electron chi connectivity index (χ4n) is 1.19.